The van der Waals surface area contributed by atoms with E-state index in [9.17, 15) is 4.79 Å². The molecule has 3 rings (SSSR count). The Balaban J connectivity index is 1.70. The van der Waals surface area contributed by atoms with Crippen LogP contribution in [-0.2, 0) is 9.53 Å². The van der Waals surface area contributed by atoms with Crippen molar-refractivity contribution in [3.63, 3.8) is 0 Å². The zero-order valence-electron chi connectivity index (χ0n) is 15.5. The van der Waals surface area contributed by atoms with Gasteiger partial charge in [-0.05, 0) is 46.8 Å². The highest BCUT2D eigenvalue weighted by atomic mass is 16.5. The molecule has 0 bridgehead atoms. The molecule has 8 nitrogen and oxygen atoms in total. The van der Waals surface area contributed by atoms with Crippen LogP contribution >= 0.6 is 0 Å². The third-order valence-corrected chi connectivity index (χ3v) is 5.10. The van der Waals surface area contributed by atoms with Gasteiger partial charge in [-0.1, -0.05) is 0 Å². The zero-order chi connectivity index (χ0) is 17.8. The number of nitrogens with zero attached hydrogens (tertiary/aromatic N) is 4. The van der Waals surface area contributed by atoms with Crippen LogP contribution in [0.1, 0.15) is 36.8 Å². The van der Waals surface area contributed by atoms with Crippen LogP contribution in [0, 0.1) is 6.92 Å². The van der Waals surface area contributed by atoms with Crippen molar-refractivity contribution < 1.29 is 9.53 Å². The Labute approximate surface area is 149 Å². The predicted octanol–water partition coefficient (Wildman–Crippen LogP) is 0.128. The number of carbonyl (C=O) groups is 1. The Kier molecular flexibility index (Phi) is 6.03. The highest BCUT2D eigenvalue weighted by Crippen LogP contribution is 2.29. The summed E-state index contributed by atoms with van der Waals surface area (Å²) in [5, 5.41) is 10.5. The maximum Gasteiger partial charge on any atom is 0.234 e. The Morgan fingerprint density at radius 1 is 1.36 bits per heavy atom. The van der Waals surface area contributed by atoms with Crippen molar-refractivity contribution in [1.29, 1.82) is 0 Å². The minimum Gasteiger partial charge on any atom is -0.381 e. The largest absolute Gasteiger partial charge is 0.381 e. The molecular formula is C17H30N6O2. The Hall–Kier alpha value is -1.51. The number of H-pyrrole nitrogens is 1. The average Bonchev–Trinajstić information content (AvgIpc) is 3.01. The Morgan fingerprint density at radius 2 is 2.12 bits per heavy atom. The topological polar surface area (TPSA) is 86.4 Å². The van der Waals surface area contributed by atoms with Crippen LogP contribution in [0.5, 0.6) is 0 Å². The number of carbonyl (C=O) groups excluding carboxylic acids is 1. The van der Waals surface area contributed by atoms with Gasteiger partial charge in [0.15, 0.2) is 5.82 Å². The highest BCUT2D eigenvalue weighted by Gasteiger charge is 2.36. The number of aryl methyl sites for hydroxylation is 1. The minimum absolute atomic E-state index is 0.0410. The van der Waals surface area contributed by atoms with Gasteiger partial charge in [0.25, 0.3) is 0 Å². The first kappa shape index (κ1) is 18.3. The van der Waals surface area contributed by atoms with Crippen LogP contribution in [0.25, 0.3) is 0 Å². The quantitative estimate of drug-likeness (QED) is 0.785. The number of amides is 1. The molecule has 3 heterocycles. The molecule has 0 spiro atoms. The molecule has 0 unspecified atom stereocenters. The first-order valence-electron chi connectivity index (χ1n) is 9.17. The van der Waals surface area contributed by atoms with E-state index in [4.69, 9.17) is 4.74 Å². The summed E-state index contributed by atoms with van der Waals surface area (Å²) in [6.07, 6.45) is 3.10. The van der Waals surface area contributed by atoms with E-state index in [1.807, 2.05) is 25.9 Å². The van der Waals surface area contributed by atoms with Crippen LogP contribution in [0.4, 0.5) is 0 Å². The summed E-state index contributed by atoms with van der Waals surface area (Å²) in [6.45, 7) is 5.84. The number of hydrogen-bond acceptors (Lipinski definition) is 6. The molecule has 0 aliphatic carbocycles. The van der Waals surface area contributed by atoms with Gasteiger partial charge in [-0.2, -0.15) is 5.10 Å². The molecular weight excluding hydrogens is 320 g/mol. The Bertz CT molecular complexity index is 569. The van der Waals surface area contributed by atoms with Gasteiger partial charge in [0.05, 0.1) is 12.6 Å². The molecule has 2 aliphatic rings. The molecule has 2 atom stereocenters. The number of likely N-dealkylation sites (N-methyl/N-ethyl adjacent to an activating group) is 1. The number of aromatic nitrogens is 3. The molecule has 1 amide bonds. The van der Waals surface area contributed by atoms with E-state index >= 15 is 0 Å². The number of nitrogens with one attached hydrogen (secondary N) is 2. The van der Waals surface area contributed by atoms with E-state index < -0.39 is 0 Å². The van der Waals surface area contributed by atoms with E-state index in [0.717, 1.165) is 57.2 Å². The lowest BCUT2D eigenvalue weighted by Gasteiger charge is -2.43. The number of aromatic amines is 1. The van der Waals surface area contributed by atoms with Gasteiger partial charge >= 0.3 is 0 Å². The minimum atomic E-state index is 0.0410. The third kappa shape index (κ3) is 4.77. The van der Waals surface area contributed by atoms with E-state index in [0.29, 0.717) is 12.6 Å². The van der Waals surface area contributed by atoms with E-state index in [-0.39, 0.29) is 17.9 Å². The van der Waals surface area contributed by atoms with Crippen LogP contribution in [-0.4, -0.2) is 89.9 Å². The molecule has 2 N–H and O–H groups in total. The van der Waals surface area contributed by atoms with E-state index in [1.165, 1.54) is 0 Å². The van der Waals surface area contributed by atoms with Crippen LogP contribution < -0.4 is 5.32 Å². The molecule has 1 aromatic rings. The van der Waals surface area contributed by atoms with Crippen molar-refractivity contribution in [2.24, 2.45) is 0 Å². The van der Waals surface area contributed by atoms with Crippen LogP contribution in [0.2, 0.25) is 0 Å². The summed E-state index contributed by atoms with van der Waals surface area (Å²) in [7, 11) is 3.82. The standard InChI is InChI=1S/C17H30N6O2/c1-12-18-17(21-20-12)14-4-7-23(13-5-8-25-9-6-13)10-15(14)19-16(24)11-22(2)3/h13-15H,4-11H2,1-3H3,(H,19,24)(H,18,20,21)/t14-,15+/m0/s1. The molecule has 2 saturated heterocycles. The van der Waals surface area contributed by atoms with Crippen molar-refractivity contribution in [3.05, 3.63) is 11.6 Å². The molecule has 0 radical (unpaired) electrons. The summed E-state index contributed by atoms with van der Waals surface area (Å²) < 4.78 is 5.49. The Morgan fingerprint density at radius 3 is 2.76 bits per heavy atom. The SMILES string of the molecule is Cc1nc([C@H]2CCN(C3CCOCC3)C[C@H]2NC(=O)CN(C)C)n[nH]1. The normalized spacial score (nSPS) is 26.1. The lowest BCUT2D eigenvalue weighted by Crippen LogP contribution is -2.56. The fourth-order valence-electron chi connectivity index (χ4n) is 3.88. The number of piperidine rings is 1. The molecule has 8 heteroatoms. The summed E-state index contributed by atoms with van der Waals surface area (Å²) in [5.41, 5.74) is 0. The maximum absolute atomic E-state index is 12.3. The molecule has 2 fully saturated rings. The van der Waals surface area contributed by atoms with E-state index in [2.05, 4.69) is 25.4 Å². The molecule has 0 aromatic carbocycles. The first-order chi connectivity index (χ1) is 12.0. The second kappa shape index (κ2) is 8.25. The number of ether oxygens (including phenoxy) is 1. The van der Waals surface area contributed by atoms with Crippen molar-refractivity contribution in [2.45, 2.75) is 44.2 Å². The van der Waals surface area contributed by atoms with Crippen LogP contribution in [0.15, 0.2) is 0 Å². The first-order valence-corrected chi connectivity index (χ1v) is 9.17. The van der Waals surface area contributed by atoms with Gasteiger partial charge in [-0.3, -0.25) is 14.8 Å². The molecule has 140 valence electrons. The van der Waals surface area contributed by atoms with Gasteiger partial charge in [0.2, 0.25) is 5.91 Å². The number of likely N-dealkylation sites (tertiary alicyclic amines) is 1. The fraction of sp³-hybridized carbons (Fsp3) is 0.824. The maximum atomic E-state index is 12.3. The van der Waals surface area contributed by atoms with E-state index in [1.54, 1.807) is 0 Å². The predicted molar refractivity (Wildman–Crippen MR) is 94.4 cm³/mol. The van der Waals surface area contributed by atoms with Crippen molar-refractivity contribution >= 4 is 5.91 Å². The molecule has 1 aromatic heterocycles. The third-order valence-electron chi connectivity index (χ3n) is 5.10. The van der Waals surface area contributed by atoms with Gasteiger partial charge < -0.3 is 15.0 Å². The molecule has 25 heavy (non-hydrogen) atoms. The highest BCUT2D eigenvalue weighted by molar-refractivity contribution is 5.78. The van der Waals surface area contributed by atoms with Gasteiger partial charge in [-0.25, -0.2) is 4.98 Å². The molecule has 2 aliphatic heterocycles. The number of hydrogen-bond donors (Lipinski definition) is 2. The van der Waals surface area contributed by atoms with Gasteiger partial charge in [0, 0.05) is 31.7 Å². The smallest absolute Gasteiger partial charge is 0.234 e. The zero-order valence-corrected chi connectivity index (χ0v) is 15.5. The van der Waals surface area contributed by atoms with Crippen molar-refractivity contribution in [3.8, 4) is 0 Å². The lowest BCUT2D eigenvalue weighted by molar-refractivity contribution is -0.123. The second-order valence-corrected chi connectivity index (χ2v) is 7.42. The van der Waals surface area contributed by atoms with Gasteiger partial charge in [0.1, 0.15) is 5.82 Å². The summed E-state index contributed by atoms with van der Waals surface area (Å²) in [4.78, 5) is 21.3. The van der Waals surface area contributed by atoms with Gasteiger partial charge in [-0.15, -0.1) is 0 Å². The molecule has 0 saturated carbocycles. The monoisotopic (exact) mass is 350 g/mol. The van der Waals surface area contributed by atoms with Crippen molar-refractivity contribution in [1.82, 2.24) is 30.3 Å². The second-order valence-electron chi connectivity index (χ2n) is 7.42. The summed E-state index contributed by atoms with van der Waals surface area (Å²) in [5.74, 6) is 1.85. The lowest BCUT2D eigenvalue weighted by atomic mass is 9.89. The summed E-state index contributed by atoms with van der Waals surface area (Å²) >= 11 is 0. The summed E-state index contributed by atoms with van der Waals surface area (Å²) in [6, 6.07) is 0.594. The van der Waals surface area contributed by atoms with Crippen LogP contribution in [0.3, 0.4) is 0 Å². The van der Waals surface area contributed by atoms with Crippen molar-refractivity contribution in [2.75, 3.05) is 46.9 Å². The fourth-order valence-corrected chi connectivity index (χ4v) is 3.88. The number of rotatable bonds is 5. The average molecular weight is 350 g/mol.